The molecule has 0 aromatic carbocycles. The number of aryl methyl sites for hydroxylation is 2. The Morgan fingerprint density at radius 3 is 2.69 bits per heavy atom. The van der Waals surface area contributed by atoms with Crippen LogP contribution < -0.4 is 10.7 Å². The number of aromatic nitrogens is 1. The molecule has 1 N–H and O–H groups in total. The molecule has 0 spiro atoms. The molecule has 1 unspecified atom stereocenters. The lowest BCUT2D eigenvalue weighted by Gasteiger charge is -2.26. The second-order valence-electron chi connectivity index (χ2n) is 4.28. The summed E-state index contributed by atoms with van der Waals surface area (Å²) in [6.07, 6.45) is 0.202. The van der Waals surface area contributed by atoms with Crippen molar-refractivity contribution < 1.29 is 4.74 Å². The van der Waals surface area contributed by atoms with Crippen LogP contribution in [0.25, 0.3) is 0 Å². The third-order valence-electron chi connectivity index (χ3n) is 2.94. The average molecular weight is 222 g/mol. The van der Waals surface area contributed by atoms with Crippen LogP contribution in [0.5, 0.6) is 0 Å². The minimum absolute atomic E-state index is 0.0777. The van der Waals surface area contributed by atoms with Crippen LogP contribution in [0.4, 0.5) is 0 Å². The maximum absolute atomic E-state index is 11.3. The normalized spacial score (nSPS) is 21.0. The third kappa shape index (κ3) is 2.51. The Hall–Kier alpha value is -1.13. The summed E-state index contributed by atoms with van der Waals surface area (Å²) in [6, 6.07) is 3.34. The zero-order valence-corrected chi connectivity index (χ0v) is 9.82. The molecule has 2 heterocycles. The van der Waals surface area contributed by atoms with Gasteiger partial charge in [0.1, 0.15) is 0 Å². The Morgan fingerprint density at radius 1 is 1.44 bits per heavy atom. The van der Waals surface area contributed by atoms with E-state index in [1.807, 2.05) is 13.8 Å². The van der Waals surface area contributed by atoms with E-state index < -0.39 is 0 Å². The van der Waals surface area contributed by atoms with Crippen molar-refractivity contribution >= 4 is 0 Å². The molecule has 4 heteroatoms. The molecule has 88 valence electrons. The molecule has 1 aliphatic heterocycles. The summed E-state index contributed by atoms with van der Waals surface area (Å²) >= 11 is 0. The Labute approximate surface area is 95.2 Å². The first-order chi connectivity index (χ1) is 7.66. The van der Waals surface area contributed by atoms with Gasteiger partial charge in [-0.1, -0.05) is 0 Å². The first kappa shape index (κ1) is 11.4. The van der Waals surface area contributed by atoms with Crippen LogP contribution in [0.15, 0.2) is 16.9 Å². The molecule has 1 atom stereocenters. The van der Waals surface area contributed by atoms with Gasteiger partial charge in [0.05, 0.1) is 19.3 Å². The van der Waals surface area contributed by atoms with Gasteiger partial charge in [0.25, 0.3) is 0 Å². The summed E-state index contributed by atoms with van der Waals surface area (Å²) in [5.41, 5.74) is 2.08. The Morgan fingerprint density at radius 2 is 2.12 bits per heavy atom. The number of ether oxygens (including phenoxy) is 1. The lowest BCUT2D eigenvalue weighted by molar-refractivity contribution is 0.0175. The zero-order valence-electron chi connectivity index (χ0n) is 9.82. The van der Waals surface area contributed by atoms with E-state index in [-0.39, 0.29) is 11.5 Å². The van der Waals surface area contributed by atoms with E-state index in [1.165, 1.54) is 0 Å². The van der Waals surface area contributed by atoms with Crippen LogP contribution in [0, 0.1) is 13.8 Å². The molecule has 0 radical (unpaired) electrons. The minimum Gasteiger partial charge on any atom is -0.374 e. The monoisotopic (exact) mass is 222 g/mol. The topological polar surface area (TPSA) is 43.3 Å². The molecular formula is C12H18N2O2. The molecule has 16 heavy (non-hydrogen) atoms. The van der Waals surface area contributed by atoms with Crippen LogP contribution in [0.1, 0.15) is 11.4 Å². The van der Waals surface area contributed by atoms with Crippen LogP contribution in [0.3, 0.4) is 0 Å². The maximum atomic E-state index is 11.3. The highest BCUT2D eigenvalue weighted by molar-refractivity contribution is 5.12. The third-order valence-corrected chi connectivity index (χ3v) is 2.94. The summed E-state index contributed by atoms with van der Waals surface area (Å²) in [4.78, 5) is 11.3. The minimum atomic E-state index is 0.0777. The van der Waals surface area contributed by atoms with Crippen molar-refractivity contribution in [1.82, 2.24) is 9.88 Å². The smallest absolute Gasteiger partial charge is 0.182 e. The fourth-order valence-electron chi connectivity index (χ4n) is 2.12. The predicted molar refractivity (Wildman–Crippen MR) is 62.8 cm³/mol. The first-order valence-corrected chi connectivity index (χ1v) is 5.67. The van der Waals surface area contributed by atoms with E-state index in [0.29, 0.717) is 0 Å². The van der Waals surface area contributed by atoms with Crippen molar-refractivity contribution in [1.29, 1.82) is 0 Å². The van der Waals surface area contributed by atoms with E-state index in [1.54, 1.807) is 12.1 Å². The molecule has 0 bridgehead atoms. The second kappa shape index (κ2) is 4.80. The van der Waals surface area contributed by atoms with Crippen LogP contribution in [-0.4, -0.2) is 30.4 Å². The number of nitrogens with one attached hydrogen (secondary N) is 1. The lowest BCUT2D eigenvalue weighted by Crippen LogP contribution is -2.41. The predicted octanol–water partition coefficient (Wildman–Crippen LogP) is 0.454. The van der Waals surface area contributed by atoms with E-state index in [4.69, 9.17) is 4.74 Å². The van der Waals surface area contributed by atoms with Gasteiger partial charge < -0.3 is 14.6 Å². The molecule has 1 saturated heterocycles. The summed E-state index contributed by atoms with van der Waals surface area (Å²) in [5.74, 6) is 0. The zero-order chi connectivity index (χ0) is 11.5. The van der Waals surface area contributed by atoms with Gasteiger partial charge >= 0.3 is 0 Å². The van der Waals surface area contributed by atoms with Gasteiger partial charge in [0.2, 0.25) is 0 Å². The van der Waals surface area contributed by atoms with E-state index >= 15 is 0 Å². The molecule has 2 rings (SSSR count). The molecule has 0 amide bonds. The van der Waals surface area contributed by atoms with Gasteiger partial charge in [-0.05, 0) is 13.8 Å². The van der Waals surface area contributed by atoms with Crippen molar-refractivity contribution in [3.8, 4) is 0 Å². The summed E-state index contributed by atoms with van der Waals surface area (Å²) < 4.78 is 7.80. The number of nitrogens with zero attached hydrogens (tertiary/aromatic N) is 1. The molecule has 1 aliphatic rings. The van der Waals surface area contributed by atoms with Gasteiger partial charge in [-0.15, -0.1) is 0 Å². The summed E-state index contributed by atoms with van der Waals surface area (Å²) in [6.45, 7) is 7.31. The SMILES string of the molecule is Cc1cc(=O)cc(C)n1CC1CNCCO1. The summed E-state index contributed by atoms with van der Waals surface area (Å²) in [5, 5.41) is 3.31. The number of pyridine rings is 1. The first-order valence-electron chi connectivity index (χ1n) is 5.67. The number of hydrogen-bond donors (Lipinski definition) is 1. The number of hydrogen-bond acceptors (Lipinski definition) is 3. The van der Waals surface area contributed by atoms with E-state index in [9.17, 15) is 4.79 Å². The maximum Gasteiger partial charge on any atom is 0.182 e. The van der Waals surface area contributed by atoms with Gasteiger partial charge in [0.15, 0.2) is 5.43 Å². The Balaban J connectivity index is 2.17. The highest BCUT2D eigenvalue weighted by atomic mass is 16.5. The van der Waals surface area contributed by atoms with E-state index in [2.05, 4.69) is 9.88 Å². The van der Waals surface area contributed by atoms with Crippen LogP contribution in [0.2, 0.25) is 0 Å². The van der Waals surface area contributed by atoms with Gasteiger partial charge in [-0.25, -0.2) is 0 Å². The van der Waals surface area contributed by atoms with Crippen molar-refractivity contribution in [2.75, 3.05) is 19.7 Å². The van der Waals surface area contributed by atoms with Crippen LogP contribution in [-0.2, 0) is 11.3 Å². The molecule has 1 aromatic rings. The van der Waals surface area contributed by atoms with Gasteiger partial charge in [-0.3, -0.25) is 4.79 Å². The van der Waals surface area contributed by atoms with Crippen molar-refractivity contribution in [2.45, 2.75) is 26.5 Å². The van der Waals surface area contributed by atoms with Crippen molar-refractivity contribution in [3.63, 3.8) is 0 Å². The molecule has 4 nitrogen and oxygen atoms in total. The quantitative estimate of drug-likeness (QED) is 0.790. The molecule has 1 fully saturated rings. The summed E-state index contributed by atoms with van der Waals surface area (Å²) in [7, 11) is 0. The standard InChI is InChI=1S/C12H18N2O2/c1-9-5-11(15)6-10(2)14(9)8-12-7-13-3-4-16-12/h5-6,12-13H,3-4,7-8H2,1-2H3. The van der Waals surface area contributed by atoms with Gasteiger partial charge in [-0.2, -0.15) is 0 Å². The van der Waals surface area contributed by atoms with E-state index in [0.717, 1.165) is 37.6 Å². The number of morpholine rings is 1. The fourth-order valence-corrected chi connectivity index (χ4v) is 2.12. The Kier molecular flexibility index (Phi) is 3.41. The second-order valence-corrected chi connectivity index (χ2v) is 4.28. The molecule has 1 aromatic heterocycles. The lowest BCUT2D eigenvalue weighted by atomic mass is 10.2. The Bertz CT molecular complexity index is 393. The van der Waals surface area contributed by atoms with Gasteiger partial charge in [0, 0.05) is 36.6 Å². The fraction of sp³-hybridized carbons (Fsp3) is 0.583. The number of rotatable bonds is 2. The molecule has 0 saturated carbocycles. The largest absolute Gasteiger partial charge is 0.374 e. The van der Waals surface area contributed by atoms with Crippen molar-refractivity contribution in [3.05, 3.63) is 33.7 Å². The van der Waals surface area contributed by atoms with Crippen LogP contribution >= 0.6 is 0 Å². The average Bonchev–Trinajstić information content (AvgIpc) is 2.25. The molecule has 0 aliphatic carbocycles. The van der Waals surface area contributed by atoms with Crippen molar-refractivity contribution in [2.24, 2.45) is 0 Å². The highest BCUT2D eigenvalue weighted by Crippen LogP contribution is 2.06. The highest BCUT2D eigenvalue weighted by Gasteiger charge is 2.15. The molecular weight excluding hydrogens is 204 g/mol.